The number of hydrogen-bond acceptors (Lipinski definition) is 3. The van der Waals surface area contributed by atoms with Gasteiger partial charge in [-0.25, -0.2) is 0 Å². The summed E-state index contributed by atoms with van der Waals surface area (Å²) < 4.78 is 6.16. The molecular formula is C29H24N2O2. The number of carbonyl (C=O) groups excluding carboxylic acids is 1. The predicted molar refractivity (Wildman–Crippen MR) is 133 cm³/mol. The lowest BCUT2D eigenvalue weighted by Gasteiger charge is -2.13. The average Bonchev–Trinajstić information content (AvgIpc) is 2.83. The first-order chi connectivity index (χ1) is 16.0. The Morgan fingerprint density at radius 1 is 0.970 bits per heavy atom. The first-order valence-electron chi connectivity index (χ1n) is 10.7. The van der Waals surface area contributed by atoms with Crippen LogP contribution in [0.3, 0.4) is 0 Å². The number of para-hydroxylation sites is 1. The molecular weight excluding hydrogens is 408 g/mol. The maximum Gasteiger partial charge on any atom is 0.266 e. The van der Waals surface area contributed by atoms with Crippen LogP contribution in [0, 0.1) is 25.2 Å². The fraction of sp³-hybridized carbons (Fsp3) is 0.103. The van der Waals surface area contributed by atoms with Crippen LogP contribution in [0.15, 0.2) is 90.5 Å². The first kappa shape index (κ1) is 21.9. The molecule has 4 aromatic carbocycles. The third kappa shape index (κ3) is 5.11. The molecule has 0 radical (unpaired) electrons. The standard InChI is InChI=1S/C29H24N2O2/c1-20-8-7-10-22(16-20)19-33-28-15-14-23-11-4-5-12-25(23)26(28)17-24(18-30)29(32)31-27-13-6-3-9-21(27)2/h3-17H,19H2,1-2H3,(H,31,32)/b24-17+. The molecule has 0 aromatic heterocycles. The molecule has 0 aliphatic heterocycles. The fourth-order valence-electron chi connectivity index (χ4n) is 3.71. The summed E-state index contributed by atoms with van der Waals surface area (Å²) >= 11 is 0. The first-order valence-corrected chi connectivity index (χ1v) is 10.7. The number of amides is 1. The molecule has 0 aliphatic carbocycles. The van der Waals surface area contributed by atoms with E-state index in [0.717, 1.165) is 27.5 Å². The van der Waals surface area contributed by atoms with Crippen LogP contribution < -0.4 is 10.1 Å². The largest absolute Gasteiger partial charge is 0.488 e. The predicted octanol–water partition coefficient (Wildman–Crippen LogP) is 6.58. The highest BCUT2D eigenvalue weighted by atomic mass is 16.5. The number of nitrogens with zero attached hydrogens (tertiary/aromatic N) is 1. The third-order valence-electron chi connectivity index (χ3n) is 5.45. The highest BCUT2D eigenvalue weighted by molar-refractivity contribution is 6.11. The summed E-state index contributed by atoms with van der Waals surface area (Å²) in [5.74, 6) is 0.163. The van der Waals surface area contributed by atoms with E-state index in [1.165, 1.54) is 0 Å². The highest BCUT2D eigenvalue weighted by Gasteiger charge is 2.14. The number of nitriles is 1. The Kier molecular flexibility index (Phi) is 6.52. The topological polar surface area (TPSA) is 62.1 Å². The summed E-state index contributed by atoms with van der Waals surface area (Å²) in [5.41, 5.74) is 4.53. The molecule has 33 heavy (non-hydrogen) atoms. The number of hydrogen-bond donors (Lipinski definition) is 1. The minimum absolute atomic E-state index is 0.00927. The molecule has 0 fully saturated rings. The van der Waals surface area contributed by atoms with Gasteiger partial charge in [0.2, 0.25) is 0 Å². The van der Waals surface area contributed by atoms with Crippen LogP contribution in [0.25, 0.3) is 16.8 Å². The molecule has 4 nitrogen and oxygen atoms in total. The van der Waals surface area contributed by atoms with Crippen LogP contribution in [-0.4, -0.2) is 5.91 Å². The number of ether oxygens (including phenoxy) is 1. The van der Waals surface area contributed by atoms with Crippen molar-refractivity contribution in [2.45, 2.75) is 20.5 Å². The summed E-state index contributed by atoms with van der Waals surface area (Å²) in [6.07, 6.45) is 1.61. The summed E-state index contributed by atoms with van der Waals surface area (Å²) in [7, 11) is 0. The van der Waals surface area contributed by atoms with E-state index < -0.39 is 5.91 Å². The van der Waals surface area contributed by atoms with Crippen LogP contribution >= 0.6 is 0 Å². The van der Waals surface area contributed by atoms with Crippen LogP contribution in [-0.2, 0) is 11.4 Å². The van der Waals surface area contributed by atoms with E-state index in [9.17, 15) is 10.1 Å². The van der Waals surface area contributed by atoms with E-state index in [0.29, 0.717) is 23.6 Å². The number of anilines is 1. The molecule has 0 bridgehead atoms. The summed E-state index contributed by atoms with van der Waals surface area (Å²) in [6, 6.07) is 29.4. The van der Waals surface area contributed by atoms with Crippen molar-refractivity contribution in [3.05, 3.63) is 113 Å². The number of rotatable bonds is 6. The number of fused-ring (bicyclic) bond motifs is 1. The van der Waals surface area contributed by atoms with Gasteiger partial charge in [0.1, 0.15) is 24.0 Å². The number of aryl methyl sites for hydroxylation is 2. The van der Waals surface area contributed by atoms with E-state index in [1.54, 1.807) is 6.08 Å². The second-order valence-corrected chi connectivity index (χ2v) is 7.92. The van der Waals surface area contributed by atoms with E-state index in [2.05, 4.69) is 17.5 Å². The summed E-state index contributed by atoms with van der Waals surface area (Å²) in [5, 5.41) is 14.5. The third-order valence-corrected chi connectivity index (χ3v) is 5.45. The highest BCUT2D eigenvalue weighted by Crippen LogP contribution is 2.31. The van der Waals surface area contributed by atoms with E-state index in [4.69, 9.17) is 4.74 Å². The second kappa shape index (κ2) is 9.84. The molecule has 4 heteroatoms. The van der Waals surface area contributed by atoms with Crippen LogP contribution in [0.4, 0.5) is 5.69 Å². The molecule has 0 unspecified atom stereocenters. The number of nitrogens with one attached hydrogen (secondary N) is 1. The van der Waals surface area contributed by atoms with Crippen LogP contribution in [0.5, 0.6) is 5.75 Å². The SMILES string of the molecule is Cc1cccc(COc2ccc3ccccc3c2/C=C(\C#N)C(=O)Nc2ccccc2C)c1. The fourth-order valence-corrected chi connectivity index (χ4v) is 3.71. The Morgan fingerprint density at radius 3 is 2.55 bits per heavy atom. The summed E-state index contributed by atoms with van der Waals surface area (Å²) in [6.45, 7) is 4.34. The van der Waals surface area contributed by atoms with Gasteiger partial charge in [0.25, 0.3) is 5.91 Å². The van der Waals surface area contributed by atoms with Crippen LogP contribution in [0.1, 0.15) is 22.3 Å². The van der Waals surface area contributed by atoms with Gasteiger partial charge < -0.3 is 10.1 Å². The molecule has 4 aromatic rings. The van der Waals surface area contributed by atoms with Gasteiger partial charge in [0, 0.05) is 11.3 Å². The van der Waals surface area contributed by atoms with Gasteiger partial charge >= 0.3 is 0 Å². The van der Waals surface area contributed by atoms with E-state index >= 15 is 0 Å². The van der Waals surface area contributed by atoms with Gasteiger partial charge in [-0.2, -0.15) is 5.26 Å². The Balaban J connectivity index is 1.71. The van der Waals surface area contributed by atoms with Gasteiger partial charge in [-0.15, -0.1) is 0 Å². The molecule has 0 saturated heterocycles. The Labute approximate surface area is 193 Å². The molecule has 1 amide bonds. The molecule has 0 heterocycles. The number of benzene rings is 4. The molecule has 4 rings (SSSR count). The van der Waals surface area contributed by atoms with E-state index in [1.807, 2.05) is 92.7 Å². The molecule has 0 saturated carbocycles. The van der Waals surface area contributed by atoms with Crippen molar-refractivity contribution < 1.29 is 9.53 Å². The van der Waals surface area contributed by atoms with Crippen molar-refractivity contribution in [1.82, 2.24) is 0 Å². The Morgan fingerprint density at radius 2 is 1.76 bits per heavy atom. The van der Waals surface area contributed by atoms with Gasteiger partial charge in [0.05, 0.1) is 0 Å². The molecule has 0 aliphatic rings. The lowest BCUT2D eigenvalue weighted by molar-refractivity contribution is -0.112. The smallest absolute Gasteiger partial charge is 0.266 e. The molecule has 1 N–H and O–H groups in total. The quantitative estimate of drug-likeness (QED) is 0.276. The lowest BCUT2D eigenvalue weighted by Crippen LogP contribution is -2.14. The lowest BCUT2D eigenvalue weighted by atomic mass is 10.0. The van der Waals surface area contributed by atoms with Crippen molar-refractivity contribution in [3.63, 3.8) is 0 Å². The maximum atomic E-state index is 12.9. The van der Waals surface area contributed by atoms with Crippen LogP contribution in [0.2, 0.25) is 0 Å². The van der Waals surface area contributed by atoms with Gasteiger partial charge in [-0.05, 0) is 54.0 Å². The van der Waals surface area contributed by atoms with E-state index in [-0.39, 0.29) is 5.57 Å². The minimum Gasteiger partial charge on any atom is -0.488 e. The zero-order valence-electron chi connectivity index (χ0n) is 18.6. The van der Waals surface area contributed by atoms with Gasteiger partial charge in [0.15, 0.2) is 0 Å². The maximum absolute atomic E-state index is 12.9. The van der Waals surface area contributed by atoms with Crippen molar-refractivity contribution in [2.24, 2.45) is 0 Å². The van der Waals surface area contributed by atoms with Gasteiger partial charge in [-0.3, -0.25) is 4.79 Å². The molecule has 0 spiro atoms. The summed E-state index contributed by atoms with van der Waals surface area (Å²) in [4.78, 5) is 12.9. The Hall–Kier alpha value is -4.36. The minimum atomic E-state index is -0.454. The normalized spacial score (nSPS) is 11.1. The van der Waals surface area contributed by atoms with Crippen molar-refractivity contribution in [3.8, 4) is 11.8 Å². The number of carbonyl (C=O) groups is 1. The van der Waals surface area contributed by atoms with Crippen molar-refractivity contribution in [1.29, 1.82) is 5.26 Å². The van der Waals surface area contributed by atoms with Crippen molar-refractivity contribution in [2.75, 3.05) is 5.32 Å². The molecule has 0 atom stereocenters. The Bertz CT molecular complexity index is 1400. The second-order valence-electron chi connectivity index (χ2n) is 7.92. The monoisotopic (exact) mass is 432 g/mol. The van der Waals surface area contributed by atoms with Gasteiger partial charge in [-0.1, -0.05) is 78.4 Å². The average molecular weight is 433 g/mol. The zero-order valence-corrected chi connectivity index (χ0v) is 18.6. The van der Waals surface area contributed by atoms with Crippen molar-refractivity contribution >= 4 is 28.4 Å². The zero-order chi connectivity index (χ0) is 23.2. The molecule has 162 valence electrons.